The summed E-state index contributed by atoms with van der Waals surface area (Å²) in [4.78, 5) is 0.568. The molecule has 3 aromatic rings. The third-order valence-electron chi connectivity index (χ3n) is 3.95. The van der Waals surface area contributed by atoms with E-state index in [1.54, 1.807) is 12.3 Å². The van der Waals surface area contributed by atoms with Gasteiger partial charge in [0.05, 0.1) is 9.92 Å². The van der Waals surface area contributed by atoms with E-state index in [0.717, 1.165) is 4.90 Å². The molecular weight excluding hydrogens is 435 g/mol. The smallest absolute Gasteiger partial charge is 0.272 e. The van der Waals surface area contributed by atoms with Gasteiger partial charge in [-0.3, -0.25) is 5.10 Å². The van der Waals surface area contributed by atoms with E-state index in [2.05, 4.69) is 5.10 Å². The number of thioether (sulfide) groups is 1. The largest absolute Gasteiger partial charge is 0.433 e. The highest BCUT2D eigenvalue weighted by molar-refractivity contribution is 7.98. The summed E-state index contributed by atoms with van der Waals surface area (Å²) >= 11 is 7.54. The van der Waals surface area contributed by atoms with E-state index in [1.165, 1.54) is 48.2 Å². The summed E-state index contributed by atoms with van der Waals surface area (Å²) in [5, 5.41) is 11.2. The van der Waals surface area contributed by atoms with Gasteiger partial charge in [-0.25, -0.2) is 13.6 Å². The molecule has 3 N–H and O–H groups in total. The standard InChI is InChI=1S/C17H13ClF3N3O2S2/c1-27-13-7-4-10(8-12(13)18)14-15(23-24-16(14)17(19,20)21)9-2-5-11(6-3-9)28(22,25)26/h2-8H,1H3,(H,23,24)(H2,22,25,26). The zero-order chi connectivity index (χ0) is 20.7. The van der Waals surface area contributed by atoms with Crippen molar-refractivity contribution in [2.24, 2.45) is 5.14 Å². The molecule has 0 atom stereocenters. The number of benzene rings is 2. The van der Waals surface area contributed by atoms with Crippen molar-refractivity contribution in [1.29, 1.82) is 0 Å². The van der Waals surface area contributed by atoms with E-state index in [0.29, 0.717) is 10.6 Å². The Morgan fingerprint density at radius 2 is 1.71 bits per heavy atom. The number of hydrogen-bond donors (Lipinski definition) is 2. The minimum absolute atomic E-state index is 0.0151. The number of sulfonamides is 1. The number of rotatable bonds is 4. The van der Waals surface area contributed by atoms with Gasteiger partial charge in [-0.15, -0.1) is 11.8 Å². The van der Waals surface area contributed by atoms with Crippen molar-refractivity contribution in [2.75, 3.05) is 6.26 Å². The van der Waals surface area contributed by atoms with Gasteiger partial charge in [0.25, 0.3) is 0 Å². The fourth-order valence-corrected chi connectivity index (χ4v) is 4.05. The molecule has 0 aliphatic carbocycles. The molecule has 28 heavy (non-hydrogen) atoms. The van der Waals surface area contributed by atoms with Gasteiger partial charge in [0, 0.05) is 16.0 Å². The van der Waals surface area contributed by atoms with Crippen LogP contribution in [0.4, 0.5) is 13.2 Å². The van der Waals surface area contributed by atoms with Crippen LogP contribution in [0.3, 0.4) is 0 Å². The highest BCUT2D eigenvalue weighted by atomic mass is 35.5. The van der Waals surface area contributed by atoms with Crippen molar-refractivity contribution < 1.29 is 21.6 Å². The summed E-state index contributed by atoms with van der Waals surface area (Å²) < 4.78 is 63.4. The Morgan fingerprint density at radius 1 is 1.11 bits per heavy atom. The number of nitrogens with zero attached hydrogens (tertiary/aromatic N) is 1. The summed E-state index contributed by atoms with van der Waals surface area (Å²) in [5.41, 5.74) is -0.661. The number of H-pyrrole nitrogens is 1. The number of hydrogen-bond acceptors (Lipinski definition) is 4. The lowest BCUT2D eigenvalue weighted by atomic mass is 9.98. The van der Waals surface area contributed by atoms with Crippen LogP contribution < -0.4 is 5.14 Å². The van der Waals surface area contributed by atoms with Crippen LogP contribution in [0.1, 0.15) is 5.69 Å². The van der Waals surface area contributed by atoms with E-state index in [9.17, 15) is 21.6 Å². The van der Waals surface area contributed by atoms with Crippen LogP contribution in [-0.2, 0) is 16.2 Å². The van der Waals surface area contributed by atoms with Gasteiger partial charge in [0.1, 0.15) is 11.4 Å². The molecule has 0 aliphatic rings. The molecule has 1 aromatic heterocycles. The fraction of sp³-hybridized carbons (Fsp3) is 0.118. The predicted octanol–water partition coefficient (Wildman–Crippen LogP) is 4.79. The molecule has 0 saturated heterocycles. The quantitative estimate of drug-likeness (QED) is 0.563. The molecule has 2 aromatic carbocycles. The highest BCUT2D eigenvalue weighted by Gasteiger charge is 2.38. The Kier molecular flexibility index (Phi) is 5.50. The maximum atomic E-state index is 13.5. The lowest BCUT2D eigenvalue weighted by molar-refractivity contribution is -0.140. The summed E-state index contributed by atoms with van der Waals surface area (Å²) in [6.07, 6.45) is -2.87. The van der Waals surface area contributed by atoms with Crippen molar-refractivity contribution in [2.45, 2.75) is 16.0 Å². The monoisotopic (exact) mass is 447 g/mol. The zero-order valence-corrected chi connectivity index (χ0v) is 16.6. The second-order valence-electron chi connectivity index (χ2n) is 5.74. The van der Waals surface area contributed by atoms with Crippen molar-refractivity contribution in [3.63, 3.8) is 0 Å². The molecular formula is C17H13ClF3N3O2S2. The second kappa shape index (κ2) is 7.43. The number of primary sulfonamides is 1. The number of halogens is 4. The summed E-state index contributed by atoms with van der Waals surface area (Å²) in [6, 6.07) is 9.70. The Balaban J connectivity index is 2.21. The van der Waals surface area contributed by atoms with E-state index in [-0.39, 0.29) is 21.7 Å². The molecule has 0 fully saturated rings. The van der Waals surface area contributed by atoms with Crippen molar-refractivity contribution in [1.82, 2.24) is 10.2 Å². The lowest BCUT2D eigenvalue weighted by Crippen LogP contribution is -2.11. The number of aromatic nitrogens is 2. The zero-order valence-electron chi connectivity index (χ0n) is 14.2. The SMILES string of the molecule is CSc1ccc(-c2c(-c3ccc(S(N)(=O)=O)cc3)n[nH]c2C(F)(F)F)cc1Cl. The highest BCUT2D eigenvalue weighted by Crippen LogP contribution is 2.42. The van der Waals surface area contributed by atoms with Gasteiger partial charge in [-0.05, 0) is 36.1 Å². The predicted molar refractivity (Wildman–Crippen MR) is 103 cm³/mol. The van der Waals surface area contributed by atoms with Crippen LogP contribution >= 0.6 is 23.4 Å². The molecule has 0 unspecified atom stereocenters. The van der Waals surface area contributed by atoms with Gasteiger partial charge >= 0.3 is 6.18 Å². The third kappa shape index (κ3) is 4.04. The third-order valence-corrected chi connectivity index (χ3v) is 6.10. The Hall–Kier alpha value is -2.01. The molecule has 0 aliphatic heterocycles. The van der Waals surface area contributed by atoms with E-state index < -0.39 is 21.9 Å². The van der Waals surface area contributed by atoms with E-state index in [4.69, 9.17) is 16.7 Å². The van der Waals surface area contributed by atoms with Gasteiger partial charge in [0.15, 0.2) is 0 Å². The first-order chi connectivity index (χ1) is 13.0. The maximum absolute atomic E-state index is 13.5. The molecule has 0 radical (unpaired) electrons. The normalized spacial score (nSPS) is 12.4. The summed E-state index contributed by atoms with van der Waals surface area (Å²) in [5.74, 6) is 0. The van der Waals surface area contributed by atoms with Crippen LogP contribution in [-0.4, -0.2) is 24.9 Å². The van der Waals surface area contributed by atoms with Gasteiger partial charge < -0.3 is 0 Å². The molecule has 11 heteroatoms. The second-order valence-corrected chi connectivity index (χ2v) is 8.56. The van der Waals surface area contributed by atoms with Crippen LogP contribution in [0.15, 0.2) is 52.3 Å². The molecule has 0 bridgehead atoms. The average Bonchev–Trinajstić information content (AvgIpc) is 3.06. The molecule has 3 rings (SSSR count). The van der Waals surface area contributed by atoms with Crippen molar-refractivity contribution >= 4 is 33.4 Å². The average molecular weight is 448 g/mol. The Bertz CT molecular complexity index is 1130. The first kappa shape index (κ1) is 20.7. The molecule has 148 valence electrons. The van der Waals surface area contributed by atoms with Crippen molar-refractivity contribution in [3.05, 3.63) is 53.2 Å². The van der Waals surface area contributed by atoms with Gasteiger partial charge in [0.2, 0.25) is 10.0 Å². The molecule has 0 spiro atoms. The fourth-order valence-electron chi connectivity index (χ4n) is 2.66. The van der Waals surface area contributed by atoms with Crippen LogP contribution in [0.5, 0.6) is 0 Å². The molecule has 0 amide bonds. The Morgan fingerprint density at radius 3 is 2.21 bits per heavy atom. The maximum Gasteiger partial charge on any atom is 0.433 e. The number of alkyl halides is 3. The minimum Gasteiger partial charge on any atom is -0.272 e. The van der Waals surface area contributed by atoms with E-state index in [1.807, 2.05) is 5.10 Å². The first-order valence-electron chi connectivity index (χ1n) is 7.65. The van der Waals surface area contributed by atoms with Gasteiger partial charge in [-0.2, -0.15) is 18.3 Å². The number of nitrogens with one attached hydrogen (secondary N) is 1. The number of nitrogens with two attached hydrogens (primary N) is 1. The number of aromatic amines is 1. The molecule has 1 heterocycles. The Labute approximate surface area is 168 Å². The van der Waals surface area contributed by atoms with Crippen molar-refractivity contribution in [3.8, 4) is 22.4 Å². The van der Waals surface area contributed by atoms with E-state index >= 15 is 0 Å². The first-order valence-corrected chi connectivity index (χ1v) is 10.8. The van der Waals surface area contributed by atoms with Gasteiger partial charge in [-0.1, -0.05) is 29.8 Å². The van der Waals surface area contributed by atoms with Crippen LogP contribution in [0, 0.1) is 0 Å². The van der Waals surface area contributed by atoms with Crippen LogP contribution in [0.25, 0.3) is 22.4 Å². The van der Waals surface area contributed by atoms with Crippen LogP contribution in [0.2, 0.25) is 5.02 Å². The minimum atomic E-state index is -4.67. The topological polar surface area (TPSA) is 88.8 Å². The molecule has 5 nitrogen and oxygen atoms in total. The summed E-state index contributed by atoms with van der Waals surface area (Å²) in [6.45, 7) is 0. The summed E-state index contributed by atoms with van der Waals surface area (Å²) in [7, 11) is -3.92. The lowest BCUT2D eigenvalue weighted by Gasteiger charge is -2.11. The molecule has 0 saturated carbocycles.